The molecule has 0 aromatic heterocycles. The number of aryl methyl sites for hydroxylation is 1. The highest BCUT2D eigenvalue weighted by atomic mass is 16.5. The van der Waals surface area contributed by atoms with E-state index in [0.29, 0.717) is 61.8 Å². The summed E-state index contributed by atoms with van der Waals surface area (Å²) in [7, 11) is 4.62. The molecule has 9 nitrogen and oxygen atoms in total. The molecule has 3 amide bonds. The Bertz CT molecular complexity index is 1140. The lowest BCUT2D eigenvalue weighted by Gasteiger charge is -2.34. The van der Waals surface area contributed by atoms with Gasteiger partial charge in [0.2, 0.25) is 17.6 Å². The molecule has 0 saturated carbocycles. The van der Waals surface area contributed by atoms with Gasteiger partial charge in [0.25, 0.3) is 5.91 Å². The number of nitrogens with zero attached hydrogens (tertiary/aromatic N) is 2. The van der Waals surface area contributed by atoms with E-state index in [4.69, 9.17) is 14.2 Å². The highest BCUT2D eigenvalue weighted by Crippen LogP contribution is 2.38. The average molecular weight is 480 g/mol. The van der Waals surface area contributed by atoms with Gasteiger partial charge in [0.1, 0.15) is 0 Å². The van der Waals surface area contributed by atoms with Crippen LogP contribution in [0.3, 0.4) is 0 Å². The third-order valence-electron chi connectivity index (χ3n) is 6.23. The lowest BCUT2D eigenvalue weighted by atomic mass is 10.00. The van der Waals surface area contributed by atoms with E-state index in [2.05, 4.69) is 5.32 Å². The average Bonchev–Trinajstić information content (AvgIpc) is 2.90. The molecule has 2 aliphatic rings. The molecule has 2 heterocycles. The van der Waals surface area contributed by atoms with Crippen molar-refractivity contribution in [3.8, 4) is 17.2 Å². The minimum atomic E-state index is -0.129. The first-order chi connectivity index (χ1) is 16.9. The van der Waals surface area contributed by atoms with Crippen molar-refractivity contribution in [2.45, 2.75) is 12.8 Å². The fraction of sp³-hybridized carbons (Fsp3) is 0.346. The second kappa shape index (κ2) is 10.5. The van der Waals surface area contributed by atoms with E-state index in [1.165, 1.54) is 13.2 Å². The molecule has 0 bridgehead atoms. The number of rotatable bonds is 6. The molecule has 184 valence electrons. The van der Waals surface area contributed by atoms with Gasteiger partial charge in [0, 0.05) is 49.9 Å². The van der Waals surface area contributed by atoms with Crippen LogP contribution in [0.1, 0.15) is 27.9 Å². The van der Waals surface area contributed by atoms with Gasteiger partial charge >= 0.3 is 0 Å². The Kier molecular flexibility index (Phi) is 7.24. The summed E-state index contributed by atoms with van der Waals surface area (Å²) >= 11 is 0. The molecule has 0 radical (unpaired) electrons. The summed E-state index contributed by atoms with van der Waals surface area (Å²) in [6.45, 7) is 1.81. The summed E-state index contributed by atoms with van der Waals surface area (Å²) in [6.07, 6.45) is 4.27. The largest absolute Gasteiger partial charge is 0.493 e. The number of carbonyl (C=O) groups is 3. The van der Waals surface area contributed by atoms with Crippen molar-refractivity contribution in [2.75, 3.05) is 52.8 Å². The lowest BCUT2D eigenvalue weighted by Crippen LogP contribution is -2.50. The van der Waals surface area contributed by atoms with E-state index in [9.17, 15) is 14.4 Å². The number of hydrogen-bond acceptors (Lipinski definition) is 6. The molecule has 2 aromatic rings. The number of methoxy groups -OCH3 is 3. The Labute approximate surface area is 204 Å². The van der Waals surface area contributed by atoms with Crippen LogP contribution < -0.4 is 19.5 Å². The summed E-state index contributed by atoms with van der Waals surface area (Å²) < 4.78 is 16.0. The van der Waals surface area contributed by atoms with Gasteiger partial charge in [-0.15, -0.1) is 0 Å². The van der Waals surface area contributed by atoms with Crippen LogP contribution in [0.15, 0.2) is 36.4 Å². The van der Waals surface area contributed by atoms with Gasteiger partial charge in [-0.3, -0.25) is 14.4 Å². The topological polar surface area (TPSA) is 97.4 Å². The van der Waals surface area contributed by atoms with Gasteiger partial charge in [-0.1, -0.05) is 0 Å². The minimum absolute atomic E-state index is 0.00307. The molecule has 2 aromatic carbocycles. The first-order valence-corrected chi connectivity index (χ1v) is 11.4. The summed E-state index contributed by atoms with van der Waals surface area (Å²) in [5.74, 6) is 1.31. The number of hydrogen-bond donors (Lipinski definition) is 1. The Morgan fingerprint density at radius 3 is 2.17 bits per heavy atom. The van der Waals surface area contributed by atoms with Crippen molar-refractivity contribution in [3.05, 3.63) is 53.1 Å². The van der Waals surface area contributed by atoms with Crippen LogP contribution in [0.25, 0.3) is 6.08 Å². The molecule has 35 heavy (non-hydrogen) atoms. The highest BCUT2D eigenvalue weighted by Gasteiger charge is 2.25. The fourth-order valence-electron chi connectivity index (χ4n) is 4.30. The Morgan fingerprint density at radius 1 is 0.886 bits per heavy atom. The minimum Gasteiger partial charge on any atom is -0.493 e. The number of fused-ring (bicyclic) bond motifs is 1. The zero-order chi connectivity index (χ0) is 24.9. The number of amides is 3. The zero-order valence-electron chi connectivity index (χ0n) is 20.1. The summed E-state index contributed by atoms with van der Waals surface area (Å²) in [6, 6.07) is 8.92. The number of carbonyl (C=O) groups excluding carboxylic acids is 3. The van der Waals surface area contributed by atoms with Gasteiger partial charge < -0.3 is 29.3 Å². The maximum Gasteiger partial charge on any atom is 0.253 e. The molecule has 1 saturated heterocycles. The molecule has 0 unspecified atom stereocenters. The molecule has 1 N–H and O–H groups in total. The molecule has 2 aliphatic heterocycles. The summed E-state index contributed by atoms with van der Waals surface area (Å²) in [5, 5.41) is 2.83. The van der Waals surface area contributed by atoms with Gasteiger partial charge in [-0.05, 0) is 54.0 Å². The predicted octanol–water partition coefficient (Wildman–Crippen LogP) is 2.59. The van der Waals surface area contributed by atoms with E-state index in [1.54, 1.807) is 54.4 Å². The third kappa shape index (κ3) is 5.24. The Balaban J connectivity index is 1.36. The number of piperazine rings is 1. The highest BCUT2D eigenvalue weighted by molar-refractivity contribution is 5.98. The quantitative estimate of drug-likeness (QED) is 0.640. The molecule has 0 atom stereocenters. The number of benzene rings is 2. The Hall–Kier alpha value is -4.01. The second-order valence-corrected chi connectivity index (χ2v) is 8.33. The number of ether oxygens (including phenoxy) is 3. The SMILES string of the molecule is COc1cc(/C=C/C(=O)N2CCN(C(=O)c3ccc4c(c3)CCC(=O)N4)CC2)cc(OC)c1OC. The van der Waals surface area contributed by atoms with Crippen LogP contribution >= 0.6 is 0 Å². The molecular formula is C26H29N3O6. The van der Waals surface area contributed by atoms with Crippen LogP contribution in [0.2, 0.25) is 0 Å². The van der Waals surface area contributed by atoms with Gasteiger partial charge in [0.05, 0.1) is 21.3 Å². The van der Waals surface area contributed by atoms with Gasteiger partial charge in [-0.25, -0.2) is 0 Å². The van der Waals surface area contributed by atoms with Crippen molar-refractivity contribution in [1.82, 2.24) is 9.80 Å². The third-order valence-corrected chi connectivity index (χ3v) is 6.23. The summed E-state index contributed by atoms with van der Waals surface area (Å²) in [4.78, 5) is 40.8. The molecule has 0 spiro atoms. The maximum atomic E-state index is 13.0. The van der Waals surface area contributed by atoms with Crippen LogP contribution in [-0.4, -0.2) is 75.0 Å². The van der Waals surface area contributed by atoms with Crippen LogP contribution in [-0.2, 0) is 16.0 Å². The van der Waals surface area contributed by atoms with Crippen LogP contribution in [0, 0.1) is 0 Å². The van der Waals surface area contributed by atoms with Crippen LogP contribution in [0.5, 0.6) is 17.2 Å². The van der Waals surface area contributed by atoms with Crippen molar-refractivity contribution in [2.24, 2.45) is 0 Å². The normalized spacial score (nSPS) is 15.5. The monoisotopic (exact) mass is 479 g/mol. The predicted molar refractivity (Wildman–Crippen MR) is 131 cm³/mol. The first-order valence-electron chi connectivity index (χ1n) is 11.4. The van der Waals surface area contributed by atoms with E-state index >= 15 is 0 Å². The van der Waals surface area contributed by atoms with E-state index in [1.807, 2.05) is 6.07 Å². The second-order valence-electron chi connectivity index (χ2n) is 8.33. The van der Waals surface area contributed by atoms with Crippen molar-refractivity contribution < 1.29 is 28.6 Å². The van der Waals surface area contributed by atoms with Crippen molar-refractivity contribution in [3.63, 3.8) is 0 Å². The van der Waals surface area contributed by atoms with Gasteiger partial charge in [-0.2, -0.15) is 0 Å². The van der Waals surface area contributed by atoms with Crippen molar-refractivity contribution in [1.29, 1.82) is 0 Å². The van der Waals surface area contributed by atoms with E-state index in [-0.39, 0.29) is 17.7 Å². The zero-order valence-corrected chi connectivity index (χ0v) is 20.1. The van der Waals surface area contributed by atoms with Crippen LogP contribution in [0.4, 0.5) is 5.69 Å². The fourth-order valence-corrected chi connectivity index (χ4v) is 4.30. The molecule has 1 fully saturated rings. The van der Waals surface area contributed by atoms with E-state index in [0.717, 1.165) is 16.8 Å². The smallest absolute Gasteiger partial charge is 0.253 e. The molecule has 4 rings (SSSR count). The lowest BCUT2D eigenvalue weighted by molar-refractivity contribution is -0.127. The van der Waals surface area contributed by atoms with Gasteiger partial charge in [0.15, 0.2) is 11.5 Å². The molecular weight excluding hydrogens is 450 g/mol. The van der Waals surface area contributed by atoms with Crippen molar-refractivity contribution >= 4 is 29.5 Å². The maximum absolute atomic E-state index is 13.0. The number of nitrogens with one attached hydrogen (secondary N) is 1. The molecule has 0 aliphatic carbocycles. The van der Waals surface area contributed by atoms with E-state index < -0.39 is 0 Å². The summed E-state index contributed by atoms with van der Waals surface area (Å²) in [5.41, 5.74) is 3.08. The first kappa shape index (κ1) is 24.1. The number of anilines is 1. The molecule has 9 heteroatoms. The Morgan fingerprint density at radius 2 is 1.54 bits per heavy atom. The standard InChI is InChI=1S/C26H29N3O6/c1-33-21-14-17(15-22(34-2)25(21)35-3)4-9-24(31)28-10-12-29(13-11-28)26(32)19-5-7-20-18(16-19)6-8-23(30)27-20/h4-5,7,9,14-16H,6,8,10-13H2,1-3H3,(H,27,30)/b9-4+.